The largest absolute Gasteiger partial charge is 0.420 e. The van der Waals surface area contributed by atoms with Crippen LogP contribution in [0.1, 0.15) is 56.3 Å². The summed E-state index contributed by atoms with van der Waals surface area (Å²) in [6.45, 7) is 2.53. The molecule has 1 heterocycles. The van der Waals surface area contributed by atoms with E-state index in [1.807, 2.05) is 0 Å². The predicted molar refractivity (Wildman–Crippen MR) is 197 cm³/mol. The summed E-state index contributed by atoms with van der Waals surface area (Å²) in [6.07, 6.45) is 0.863. The predicted octanol–water partition coefficient (Wildman–Crippen LogP) is 3.03. The average Bonchev–Trinajstić information content (AvgIpc) is 3.22. The lowest BCUT2D eigenvalue weighted by atomic mass is 9.94. The van der Waals surface area contributed by atoms with Gasteiger partial charge in [-0.1, -0.05) is 30.7 Å². The van der Waals surface area contributed by atoms with Crippen molar-refractivity contribution in [3.63, 3.8) is 0 Å². The number of benzene rings is 2. The summed E-state index contributed by atoms with van der Waals surface area (Å²) in [6, 6.07) is 7.13. The third kappa shape index (κ3) is 17.1. The minimum Gasteiger partial charge on any atom is -0.420 e. The molecule has 322 valence electrons. The normalized spacial score (nSPS) is 11.5. The molecule has 0 unspecified atom stereocenters. The highest BCUT2D eigenvalue weighted by molar-refractivity contribution is 5.86. The van der Waals surface area contributed by atoms with Gasteiger partial charge in [-0.3, -0.25) is 24.0 Å². The monoisotopic (exact) mass is 839 g/mol. The second-order valence-corrected chi connectivity index (χ2v) is 12.9. The second-order valence-electron chi connectivity index (χ2n) is 12.9. The first kappa shape index (κ1) is 47.8. The van der Waals surface area contributed by atoms with E-state index in [-0.39, 0.29) is 89.3 Å². The van der Waals surface area contributed by atoms with Crippen molar-refractivity contribution >= 4 is 29.5 Å². The molecule has 1 aromatic heterocycles. The maximum absolute atomic E-state index is 13.7. The standard InChI is InChI=1S/C38H46F5N7O9/c1-23-47-49-37(50-48-23)25-8-6-24(7-9-25)21-29(53)45-15-20-58-16-10-27(51)22-26(38(55)46-14-19-56-2)5-3-4-13-44-28(52)11-17-57-18-12-30(54)59-36-34(42)32(40)31(39)33(41)35(36)43/h6-9,26H,3-5,10-22H2,1-2H3,(H,44,52)(H,45,53)(H,46,55)/t26-/m1/s1. The number of esters is 1. The summed E-state index contributed by atoms with van der Waals surface area (Å²) in [5.74, 6) is -15.4. The van der Waals surface area contributed by atoms with Gasteiger partial charge in [-0.05, 0) is 25.3 Å². The van der Waals surface area contributed by atoms with E-state index in [0.29, 0.717) is 37.5 Å². The molecule has 0 fully saturated rings. The van der Waals surface area contributed by atoms with E-state index in [2.05, 4.69) is 41.1 Å². The highest BCUT2D eigenvalue weighted by Gasteiger charge is 2.28. The number of nitrogens with one attached hydrogen (secondary N) is 3. The fourth-order valence-electron chi connectivity index (χ4n) is 5.18. The Bertz CT molecular complexity index is 1830. The zero-order valence-electron chi connectivity index (χ0n) is 32.6. The maximum atomic E-state index is 13.7. The number of nitrogens with zero attached hydrogens (tertiary/aromatic N) is 4. The Kier molecular flexibility index (Phi) is 20.9. The van der Waals surface area contributed by atoms with Gasteiger partial charge >= 0.3 is 5.97 Å². The number of carbonyl (C=O) groups is 5. The van der Waals surface area contributed by atoms with Crippen LogP contribution in [-0.4, -0.2) is 110 Å². The van der Waals surface area contributed by atoms with Crippen molar-refractivity contribution in [2.75, 3.05) is 59.8 Å². The Balaban J connectivity index is 1.26. The average molecular weight is 840 g/mol. The molecule has 0 aliphatic heterocycles. The van der Waals surface area contributed by atoms with Gasteiger partial charge < -0.3 is 34.9 Å². The summed E-state index contributed by atoms with van der Waals surface area (Å²) in [7, 11) is 1.49. The summed E-state index contributed by atoms with van der Waals surface area (Å²) in [5, 5.41) is 23.9. The lowest BCUT2D eigenvalue weighted by Crippen LogP contribution is -2.34. The molecule has 3 N–H and O–H groups in total. The van der Waals surface area contributed by atoms with Gasteiger partial charge in [-0.25, -0.2) is 13.2 Å². The number of hydrogen-bond donors (Lipinski definition) is 3. The summed E-state index contributed by atoms with van der Waals surface area (Å²) in [4.78, 5) is 61.9. The fourth-order valence-corrected chi connectivity index (χ4v) is 5.18. The molecule has 0 saturated carbocycles. The number of hydrogen-bond acceptors (Lipinski definition) is 13. The molecule has 3 amide bonds. The van der Waals surface area contributed by atoms with E-state index in [4.69, 9.17) is 14.2 Å². The van der Waals surface area contributed by atoms with Gasteiger partial charge in [-0.2, -0.15) is 8.78 Å². The van der Waals surface area contributed by atoms with Crippen molar-refractivity contribution < 1.29 is 64.9 Å². The Labute approximate surface area is 336 Å². The van der Waals surface area contributed by atoms with Crippen LogP contribution < -0.4 is 20.7 Å². The third-order valence-electron chi connectivity index (χ3n) is 8.31. The number of aryl methyl sites for hydroxylation is 1. The first-order valence-electron chi connectivity index (χ1n) is 18.6. The van der Waals surface area contributed by atoms with E-state index in [0.717, 1.165) is 11.1 Å². The fraction of sp³-hybridized carbons (Fsp3) is 0.500. The van der Waals surface area contributed by atoms with Gasteiger partial charge in [-0.15, -0.1) is 20.4 Å². The quantitative estimate of drug-likeness (QED) is 0.0252. The molecule has 3 rings (SSSR count). The van der Waals surface area contributed by atoms with Gasteiger partial charge in [0.2, 0.25) is 58.4 Å². The van der Waals surface area contributed by atoms with E-state index >= 15 is 0 Å². The Morgan fingerprint density at radius 1 is 0.661 bits per heavy atom. The number of aromatic nitrogens is 4. The molecular weight excluding hydrogens is 793 g/mol. The third-order valence-corrected chi connectivity index (χ3v) is 8.31. The van der Waals surface area contributed by atoms with Gasteiger partial charge in [0.05, 0.1) is 45.9 Å². The molecule has 0 bridgehead atoms. The minimum absolute atomic E-state index is 0.0143. The van der Waals surface area contributed by atoms with Crippen molar-refractivity contribution in [1.29, 1.82) is 0 Å². The number of methoxy groups -OCH3 is 1. The molecule has 2 aromatic carbocycles. The van der Waals surface area contributed by atoms with E-state index < -0.39 is 59.1 Å². The number of halogens is 5. The first-order valence-corrected chi connectivity index (χ1v) is 18.6. The van der Waals surface area contributed by atoms with Crippen molar-refractivity contribution in [2.24, 2.45) is 5.92 Å². The highest BCUT2D eigenvalue weighted by atomic mass is 19.2. The van der Waals surface area contributed by atoms with E-state index in [1.165, 1.54) is 7.11 Å². The summed E-state index contributed by atoms with van der Waals surface area (Å²) >= 11 is 0. The van der Waals surface area contributed by atoms with Crippen molar-refractivity contribution in [2.45, 2.75) is 58.3 Å². The van der Waals surface area contributed by atoms with Crippen molar-refractivity contribution in [3.05, 3.63) is 64.7 Å². The van der Waals surface area contributed by atoms with Crippen LogP contribution in [0.5, 0.6) is 5.75 Å². The van der Waals surface area contributed by atoms with Crippen LogP contribution in [0.25, 0.3) is 11.4 Å². The van der Waals surface area contributed by atoms with Crippen LogP contribution in [-0.2, 0) is 44.6 Å². The Hall–Kier alpha value is -5.54. The number of rotatable bonds is 27. The summed E-state index contributed by atoms with van der Waals surface area (Å²) < 4.78 is 86.9. The van der Waals surface area contributed by atoms with Crippen LogP contribution in [0.2, 0.25) is 0 Å². The zero-order valence-corrected chi connectivity index (χ0v) is 32.6. The number of ketones is 1. The van der Waals surface area contributed by atoms with Crippen LogP contribution in [0, 0.1) is 41.9 Å². The molecule has 0 saturated heterocycles. The number of carbonyl (C=O) groups excluding carboxylic acids is 5. The molecule has 21 heteroatoms. The van der Waals surface area contributed by atoms with E-state index in [1.54, 1.807) is 31.2 Å². The molecule has 0 spiro atoms. The number of ether oxygens (including phenoxy) is 4. The zero-order chi connectivity index (χ0) is 43.2. The molecular formula is C38H46F5N7O9. The minimum atomic E-state index is -2.39. The molecule has 3 aromatic rings. The van der Waals surface area contributed by atoms with E-state index in [9.17, 15) is 45.9 Å². The SMILES string of the molecule is COCCNC(=O)[C@H](CCCCNC(=O)CCOCCC(=O)Oc1c(F)c(F)c(F)c(F)c1F)CC(=O)CCOCCNC(=O)Cc1ccc(-c2nnc(C)nn2)cc1. The number of Topliss-reactive ketones (excluding diaryl/α,β-unsaturated/α-hetero) is 1. The molecule has 0 aliphatic rings. The van der Waals surface area contributed by atoms with Gasteiger partial charge in [0, 0.05) is 57.5 Å². The van der Waals surface area contributed by atoms with Crippen molar-refractivity contribution in [1.82, 2.24) is 36.3 Å². The number of amides is 3. The van der Waals surface area contributed by atoms with Crippen LogP contribution >= 0.6 is 0 Å². The smallest absolute Gasteiger partial charge is 0.313 e. The van der Waals surface area contributed by atoms with Gasteiger partial charge in [0.1, 0.15) is 5.78 Å². The molecule has 1 atom stereocenters. The second kappa shape index (κ2) is 25.7. The molecule has 59 heavy (non-hydrogen) atoms. The molecule has 16 nitrogen and oxygen atoms in total. The molecule has 0 radical (unpaired) electrons. The summed E-state index contributed by atoms with van der Waals surface area (Å²) in [5.41, 5.74) is 1.50. The Morgan fingerprint density at radius 3 is 1.93 bits per heavy atom. The lowest BCUT2D eigenvalue weighted by Gasteiger charge is -2.16. The first-order chi connectivity index (χ1) is 28.3. The van der Waals surface area contributed by atoms with Crippen LogP contribution in [0.15, 0.2) is 24.3 Å². The van der Waals surface area contributed by atoms with Crippen LogP contribution in [0.3, 0.4) is 0 Å². The van der Waals surface area contributed by atoms with Gasteiger partial charge in [0.25, 0.3) is 0 Å². The number of unbranched alkanes of at least 4 members (excludes halogenated alkanes) is 1. The van der Waals surface area contributed by atoms with Crippen molar-refractivity contribution in [3.8, 4) is 17.1 Å². The maximum Gasteiger partial charge on any atom is 0.313 e. The molecule has 0 aliphatic carbocycles. The topological polar surface area (TPSA) is 210 Å². The lowest BCUT2D eigenvalue weighted by molar-refractivity contribution is -0.136. The Morgan fingerprint density at radius 2 is 1.25 bits per heavy atom. The van der Waals surface area contributed by atoms with Gasteiger partial charge in [0.15, 0.2) is 5.82 Å². The van der Waals surface area contributed by atoms with Crippen LogP contribution in [0.4, 0.5) is 22.0 Å². The highest BCUT2D eigenvalue weighted by Crippen LogP contribution is 2.29.